The van der Waals surface area contributed by atoms with Gasteiger partial charge in [0.2, 0.25) is 0 Å². The minimum atomic E-state index is 0.121. The predicted molar refractivity (Wildman–Crippen MR) is 66.4 cm³/mol. The molecule has 0 unspecified atom stereocenters. The molecule has 1 rings (SSSR count). The SMILES string of the molecule is NC(N)=NCc1cc(Br)ccc1I. The van der Waals surface area contributed by atoms with E-state index in [9.17, 15) is 0 Å². The summed E-state index contributed by atoms with van der Waals surface area (Å²) in [6.45, 7) is 0.528. The van der Waals surface area contributed by atoms with Gasteiger partial charge >= 0.3 is 0 Å². The van der Waals surface area contributed by atoms with E-state index in [0.717, 1.165) is 13.6 Å². The summed E-state index contributed by atoms with van der Waals surface area (Å²) in [5, 5.41) is 0. The van der Waals surface area contributed by atoms with Crippen molar-refractivity contribution >= 4 is 44.5 Å². The van der Waals surface area contributed by atoms with Gasteiger partial charge in [-0.05, 0) is 46.4 Å². The molecule has 0 radical (unpaired) electrons. The fourth-order valence-electron chi connectivity index (χ4n) is 0.841. The lowest BCUT2D eigenvalue weighted by Gasteiger charge is -2.01. The largest absolute Gasteiger partial charge is 0.370 e. The smallest absolute Gasteiger partial charge is 0.186 e. The molecule has 3 nitrogen and oxygen atoms in total. The van der Waals surface area contributed by atoms with Crippen molar-refractivity contribution in [3.63, 3.8) is 0 Å². The van der Waals surface area contributed by atoms with Crippen molar-refractivity contribution in [3.8, 4) is 0 Å². The summed E-state index contributed by atoms with van der Waals surface area (Å²) in [6.07, 6.45) is 0. The molecule has 0 heterocycles. The van der Waals surface area contributed by atoms with Gasteiger partial charge in [0.25, 0.3) is 0 Å². The molecule has 0 aromatic heterocycles. The van der Waals surface area contributed by atoms with Crippen LogP contribution in [0.4, 0.5) is 0 Å². The normalized spacial score (nSPS) is 9.69. The van der Waals surface area contributed by atoms with Gasteiger partial charge in [0.05, 0.1) is 6.54 Å². The van der Waals surface area contributed by atoms with E-state index in [1.165, 1.54) is 0 Å². The second kappa shape index (κ2) is 4.80. The highest BCUT2D eigenvalue weighted by Gasteiger charge is 1.99. The number of guanidine groups is 1. The Morgan fingerprint density at radius 2 is 2.15 bits per heavy atom. The molecule has 5 heteroatoms. The quantitative estimate of drug-likeness (QED) is 0.484. The molecule has 0 aliphatic heterocycles. The first-order valence-corrected chi connectivity index (χ1v) is 5.46. The van der Waals surface area contributed by atoms with Gasteiger partial charge in [0.15, 0.2) is 5.96 Å². The van der Waals surface area contributed by atoms with Crippen LogP contribution in [0.1, 0.15) is 5.56 Å². The minimum absolute atomic E-state index is 0.121. The maximum atomic E-state index is 5.24. The number of hydrogen-bond acceptors (Lipinski definition) is 1. The van der Waals surface area contributed by atoms with Crippen molar-refractivity contribution in [2.45, 2.75) is 6.54 Å². The van der Waals surface area contributed by atoms with Crippen molar-refractivity contribution in [1.82, 2.24) is 0 Å². The molecule has 0 atom stereocenters. The van der Waals surface area contributed by atoms with Gasteiger partial charge in [-0.1, -0.05) is 15.9 Å². The number of aliphatic imine (C=N–C) groups is 1. The summed E-state index contributed by atoms with van der Waals surface area (Å²) < 4.78 is 2.19. The lowest BCUT2D eigenvalue weighted by Crippen LogP contribution is -2.22. The van der Waals surface area contributed by atoms with Crippen molar-refractivity contribution in [1.29, 1.82) is 0 Å². The third-order valence-corrected chi connectivity index (χ3v) is 2.99. The summed E-state index contributed by atoms with van der Waals surface area (Å²) in [7, 11) is 0. The number of benzene rings is 1. The Balaban J connectivity index is 2.87. The van der Waals surface area contributed by atoms with Crippen LogP contribution in [0.3, 0.4) is 0 Å². The lowest BCUT2D eigenvalue weighted by molar-refractivity contribution is 1.04. The van der Waals surface area contributed by atoms with Crippen molar-refractivity contribution in [2.75, 3.05) is 0 Å². The van der Waals surface area contributed by atoms with Crippen LogP contribution in [0.15, 0.2) is 27.7 Å². The van der Waals surface area contributed by atoms with Gasteiger partial charge in [0.1, 0.15) is 0 Å². The molecule has 0 saturated carbocycles. The zero-order valence-electron chi connectivity index (χ0n) is 6.80. The van der Waals surface area contributed by atoms with Crippen LogP contribution in [0.25, 0.3) is 0 Å². The Bertz CT molecular complexity index is 334. The minimum Gasteiger partial charge on any atom is -0.370 e. The molecule has 0 aliphatic rings. The van der Waals surface area contributed by atoms with Crippen molar-refractivity contribution in [2.24, 2.45) is 16.5 Å². The Kier molecular flexibility index (Phi) is 3.98. The molecule has 70 valence electrons. The number of halogens is 2. The Labute approximate surface area is 98.9 Å². The molecule has 4 N–H and O–H groups in total. The molecular formula is C8H9BrIN3. The molecule has 0 fully saturated rings. The zero-order valence-corrected chi connectivity index (χ0v) is 10.5. The topological polar surface area (TPSA) is 64.4 Å². The zero-order chi connectivity index (χ0) is 9.84. The first-order valence-electron chi connectivity index (χ1n) is 3.59. The molecule has 0 amide bonds. The van der Waals surface area contributed by atoms with Gasteiger partial charge in [-0.15, -0.1) is 0 Å². The third kappa shape index (κ3) is 3.51. The fraction of sp³-hybridized carbons (Fsp3) is 0.125. The highest BCUT2D eigenvalue weighted by Crippen LogP contribution is 2.18. The molecule has 0 saturated heterocycles. The highest BCUT2D eigenvalue weighted by atomic mass is 127. The van der Waals surface area contributed by atoms with Crippen LogP contribution < -0.4 is 11.5 Å². The number of nitrogens with zero attached hydrogens (tertiary/aromatic N) is 1. The van der Waals surface area contributed by atoms with Crippen molar-refractivity contribution in [3.05, 3.63) is 31.8 Å². The average molecular weight is 354 g/mol. The first-order chi connectivity index (χ1) is 6.09. The highest BCUT2D eigenvalue weighted by molar-refractivity contribution is 14.1. The van der Waals surface area contributed by atoms with E-state index >= 15 is 0 Å². The van der Waals surface area contributed by atoms with Gasteiger partial charge in [-0.3, -0.25) is 0 Å². The summed E-state index contributed by atoms with van der Waals surface area (Å²) >= 11 is 5.64. The van der Waals surface area contributed by atoms with Crippen LogP contribution in [-0.2, 0) is 6.54 Å². The summed E-state index contributed by atoms with van der Waals surface area (Å²) in [6, 6.07) is 6.01. The van der Waals surface area contributed by atoms with Crippen LogP contribution in [0.2, 0.25) is 0 Å². The maximum Gasteiger partial charge on any atom is 0.186 e. The van der Waals surface area contributed by atoms with E-state index in [2.05, 4.69) is 43.5 Å². The standard InChI is InChI=1S/C8H9BrIN3/c9-6-1-2-7(10)5(3-6)4-13-8(11)12/h1-3H,4H2,(H4,11,12,13). The Morgan fingerprint density at radius 1 is 1.46 bits per heavy atom. The molecule has 1 aromatic rings. The van der Waals surface area contributed by atoms with E-state index in [-0.39, 0.29) is 5.96 Å². The molecule has 1 aromatic carbocycles. The molecule has 0 aliphatic carbocycles. The fourth-order valence-corrected chi connectivity index (χ4v) is 1.76. The van der Waals surface area contributed by atoms with Crippen LogP contribution in [0.5, 0.6) is 0 Å². The van der Waals surface area contributed by atoms with E-state index < -0.39 is 0 Å². The maximum absolute atomic E-state index is 5.24. The number of rotatable bonds is 2. The molecule has 0 spiro atoms. The van der Waals surface area contributed by atoms with E-state index in [1.54, 1.807) is 0 Å². The predicted octanol–water partition coefficient (Wildman–Crippen LogP) is 1.83. The lowest BCUT2D eigenvalue weighted by atomic mass is 10.2. The Morgan fingerprint density at radius 3 is 2.77 bits per heavy atom. The summed E-state index contributed by atoms with van der Waals surface area (Å²) in [4.78, 5) is 3.94. The van der Waals surface area contributed by atoms with E-state index in [0.29, 0.717) is 6.54 Å². The Hall–Kier alpha value is -0.300. The van der Waals surface area contributed by atoms with Gasteiger partial charge < -0.3 is 11.5 Å². The number of hydrogen-bond donors (Lipinski definition) is 2. The first kappa shape index (κ1) is 10.8. The summed E-state index contributed by atoms with van der Waals surface area (Å²) in [5.74, 6) is 0.121. The van der Waals surface area contributed by atoms with Crippen LogP contribution in [0, 0.1) is 3.57 Å². The second-order valence-electron chi connectivity index (χ2n) is 2.48. The van der Waals surface area contributed by atoms with E-state index in [4.69, 9.17) is 11.5 Å². The van der Waals surface area contributed by atoms with Crippen LogP contribution >= 0.6 is 38.5 Å². The second-order valence-corrected chi connectivity index (χ2v) is 4.55. The van der Waals surface area contributed by atoms with Crippen LogP contribution in [-0.4, -0.2) is 5.96 Å². The van der Waals surface area contributed by atoms with Gasteiger partial charge in [-0.2, -0.15) is 0 Å². The number of nitrogens with two attached hydrogens (primary N) is 2. The summed E-state index contributed by atoms with van der Waals surface area (Å²) in [5.41, 5.74) is 11.6. The van der Waals surface area contributed by atoms with E-state index in [1.807, 2.05) is 18.2 Å². The molecule has 13 heavy (non-hydrogen) atoms. The average Bonchev–Trinajstić information content (AvgIpc) is 2.06. The van der Waals surface area contributed by atoms with Crippen molar-refractivity contribution < 1.29 is 0 Å². The van der Waals surface area contributed by atoms with Gasteiger partial charge in [0, 0.05) is 8.04 Å². The molecule has 0 bridgehead atoms. The monoisotopic (exact) mass is 353 g/mol. The third-order valence-electron chi connectivity index (χ3n) is 1.44. The molecular weight excluding hydrogens is 345 g/mol. The van der Waals surface area contributed by atoms with Gasteiger partial charge in [-0.25, -0.2) is 4.99 Å².